The van der Waals surface area contributed by atoms with Crippen molar-refractivity contribution in [1.82, 2.24) is 4.98 Å². The van der Waals surface area contributed by atoms with Gasteiger partial charge in [-0.3, -0.25) is 9.78 Å². The van der Waals surface area contributed by atoms with Crippen molar-refractivity contribution < 1.29 is 9.90 Å². The molecule has 0 aliphatic rings. The quantitative estimate of drug-likeness (QED) is 0.918. The van der Waals surface area contributed by atoms with E-state index in [1.807, 2.05) is 12.1 Å². The first kappa shape index (κ1) is 14.0. The summed E-state index contributed by atoms with van der Waals surface area (Å²) in [7, 11) is 0. The standard InChI is InChI=1S/C14H11BrClNO2/c15-10-4-5-12(17-8-10)7-13(14(18)19)9-2-1-3-11(16)6-9/h1-6,8,13H,7H2,(H,18,19). The summed E-state index contributed by atoms with van der Waals surface area (Å²) in [6.45, 7) is 0. The first-order valence-electron chi connectivity index (χ1n) is 5.65. The van der Waals surface area contributed by atoms with Gasteiger partial charge in [-0.2, -0.15) is 0 Å². The monoisotopic (exact) mass is 339 g/mol. The lowest BCUT2D eigenvalue weighted by atomic mass is 9.94. The Morgan fingerprint density at radius 2 is 2.16 bits per heavy atom. The third-order valence-electron chi connectivity index (χ3n) is 2.75. The lowest BCUT2D eigenvalue weighted by molar-refractivity contribution is -0.138. The molecule has 0 saturated carbocycles. The first-order chi connectivity index (χ1) is 9.06. The molecule has 0 aliphatic carbocycles. The molecule has 1 N–H and O–H groups in total. The molecule has 0 spiro atoms. The van der Waals surface area contributed by atoms with E-state index in [1.54, 1.807) is 30.5 Å². The number of halogens is 2. The maximum atomic E-state index is 11.4. The summed E-state index contributed by atoms with van der Waals surface area (Å²) in [5, 5.41) is 9.89. The average molecular weight is 341 g/mol. The van der Waals surface area contributed by atoms with Gasteiger partial charge in [-0.25, -0.2) is 0 Å². The molecule has 2 rings (SSSR count). The summed E-state index contributed by atoms with van der Waals surface area (Å²) in [6, 6.07) is 10.6. The number of carbonyl (C=O) groups is 1. The van der Waals surface area contributed by atoms with Gasteiger partial charge in [-0.15, -0.1) is 0 Å². The van der Waals surface area contributed by atoms with E-state index in [0.717, 1.165) is 10.2 Å². The fraction of sp³-hybridized carbons (Fsp3) is 0.143. The molecular formula is C14H11BrClNO2. The summed E-state index contributed by atoms with van der Waals surface area (Å²) < 4.78 is 0.867. The van der Waals surface area contributed by atoms with Gasteiger partial charge >= 0.3 is 5.97 Å². The Balaban J connectivity index is 2.26. The number of aromatic nitrogens is 1. The fourth-order valence-electron chi connectivity index (χ4n) is 1.81. The van der Waals surface area contributed by atoms with Crippen LogP contribution in [0.4, 0.5) is 0 Å². The van der Waals surface area contributed by atoms with Crippen LogP contribution in [0.3, 0.4) is 0 Å². The van der Waals surface area contributed by atoms with Crippen LogP contribution in [0.5, 0.6) is 0 Å². The van der Waals surface area contributed by atoms with Crippen LogP contribution < -0.4 is 0 Å². The van der Waals surface area contributed by atoms with Crippen LogP contribution in [0, 0.1) is 0 Å². The molecule has 1 heterocycles. The Bertz CT molecular complexity index is 586. The summed E-state index contributed by atoms with van der Waals surface area (Å²) in [5.74, 6) is -1.53. The number of hydrogen-bond donors (Lipinski definition) is 1. The van der Waals surface area contributed by atoms with Crippen molar-refractivity contribution >= 4 is 33.5 Å². The second kappa shape index (κ2) is 6.17. The third kappa shape index (κ3) is 3.78. The van der Waals surface area contributed by atoms with Crippen LogP contribution in [-0.4, -0.2) is 16.1 Å². The van der Waals surface area contributed by atoms with E-state index in [9.17, 15) is 9.90 Å². The number of carboxylic acid groups (broad SMARTS) is 1. The number of hydrogen-bond acceptors (Lipinski definition) is 2. The Kier molecular flexibility index (Phi) is 4.56. The zero-order chi connectivity index (χ0) is 13.8. The largest absolute Gasteiger partial charge is 0.481 e. The highest BCUT2D eigenvalue weighted by molar-refractivity contribution is 9.10. The van der Waals surface area contributed by atoms with E-state index in [-0.39, 0.29) is 0 Å². The molecule has 98 valence electrons. The van der Waals surface area contributed by atoms with Gasteiger partial charge in [0, 0.05) is 27.8 Å². The lowest BCUT2D eigenvalue weighted by Crippen LogP contribution is -2.15. The van der Waals surface area contributed by atoms with Gasteiger partial charge in [0.15, 0.2) is 0 Å². The number of rotatable bonds is 4. The number of carboxylic acids is 1. The summed E-state index contributed by atoms with van der Waals surface area (Å²) in [4.78, 5) is 15.6. The fourth-order valence-corrected chi connectivity index (χ4v) is 2.24. The van der Waals surface area contributed by atoms with E-state index in [0.29, 0.717) is 17.0 Å². The van der Waals surface area contributed by atoms with Crippen LogP contribution in [0.25, 0.3) is 0 Å². The molecule has 1 atom stereocenters. The molecule has 0 saturated heterocycles. The molecule has 2 aromatic rings. The zero-order valence-corrected chi connectivity index (χ0v) is 12.2. The Morgan fingerprint density at radius 3 is 2.74 bits per heavy atom. The minimum Gasteiger partial charge on any atom is -0.481 e. The number of benzene rings is 1. The summed E-state index contributed by atoms with van der Waals surface area (Å²) in [6.07, 6.45) is 2.00. The average Bonchev–Trinajstić information content (AvgIpc) is 2.37. The molecular weight excluding hydrogens is 330 g/mol. The summed E-state index contributed by atoms with van der Waals surface area (Å²) in [5.41, 5.74) is 1.42. The zero-order valence-electron chi connectivity index (χ0n) is 9.88. The highest BCUT2D eigenvalue weighted by Crippen LogP contribution is 2.23. The topological polar surface area (TPSA) is 50.2 Å². The highest BCUT2D eigenvalue weighted by atomic mass is 79.9. The molecule has 0 radical (unpaired) electrons. The Hall–Kier alpha value is -1.39. The van der Waals surface area contributed by atoms with Gasteiger partial charge in [0.2, 0.25) is 0 Å². The minimum atomic E-state index is -0.882. The van der Waals surface area contributed by atoms with Crippen molar-refractivity contribution in [3.63, 3.8) is 0 Å². The van der Waals surface area contributed by atoms with Crippen molar-refractivity contribution in [3.05, 3.63) is 63.3 Å². The normalized spacial score (nSPS) is 12.1. The minimum absolute atomic E-state index is 0.336. The maximum Gasteiger partial charge on any atom is 0.311 e. The van der Waals surface area contributed by atoms with Crippen molar-refractivity contribution in [1.29, 1.82) is 0 Å². The van der Waals surface area contributed by atoms with Crippen LogP contribution in [0.2, 0.25) is 5.02 Å². The molecule has 1 aromatic heterocycles. The van der Waals surface area contributed by atoms with Crippen LogP contribution >= 0.6 is 27.5 Å². The van der Waals surface area contributed by atoms with E-state index < -0.39 is 11.9 Å². The Labute approximate surface area is 124 Å². The maximum absolute atomic E-state index is 11.4. The number of nitrogens with zero attached hydrogens (tertiary/aromatic N) is 1. The predicted molar refractivity (Wildman–Crippen MR) is 77.5 cm³/mol. The van der Waals surface area contributed by atoms with Gasteiger partial charge in [-0.05, 0) is 45.8 Å². The van der Waals surface area contributed by atoms with Crippen LogP contribution in [-0.2, 0) is 11.2 Å². The van der Waals surface area contributed by atoms with E-state index in [4.69, 9.17) is 11.6 Å². The molecule has 0 bridgehead atoms. The second-order valence-corrected chi connectivity index (χ2v) is 5.47. The van der Waals surface area contributed by atoms with Crippen molar-refractivity contribution in [2.45, 2.75) is 12.3 Å². The highest BCUT2D eigenvalue weighted by Gasteiger charge is 2.21. The van der Waals surface area contributed by atoms with Crippen molar-refractivity contribution in [3.8, 4) is 0 Å². The first-order valence-corrected chi connectivity index (χ1v) is 6.82. The second-order valence-electron chi connectivity index (χ2n) is 4.12. The van der Waals surface area contributed by atoms with Gasteiger partial charge < -0.3 is 5.11 Å². The number of pyridine rings is 1. The molecule has 1 unspecified atom stereocenters. The van der Waals surface area contributed by atoms with Crippen molar-refractivity contribution in [2.24, 2.45) is 0 Å². The molecule has 5 heteroatoms. The van der Waals surface area contributed by atoms with Gasteiger partial charge in [0.25, 0.3) is 0 Å². The number of aliphatic carboxylic acids is 1. The van der Waals surface area contributed by atoms with Gasteiger partial charge in [0.05, 0.1) is 5.92 Å². The summed E-state index contributed by atoms with van der Waals surface area (Å²) >= 11 is 9.20. The van der Waals surface area contributed by atoms with E-state index in [1.165, 1.54) is 0 Å². The molecule has 19 heavy (non-hydrogen) atoms. The van der Waals surface area contributed by atoms with Crippen LogP contribution in [0.1, 0.15) is 17.2 Å². The predicted octanol–water partition coefficient (Wildman–Crippen LogP) is 3.91. The van der Waals surface area contributed by atoms with E-state index in [2.05, 4.69) is 20.9 Å². The SMILES string of the molecule is O=C(O)C(Cc1ccc(Br)cn1)c1cccc(Cl)c1. The van der Waals surface area contributed by atoms with E-state index >= 15 is 0 Å². The third-order valence-corrected chi connectivity index (χ3v) is 3.46. The lowest BCUT2D eigenvalue weighted by Gasteiger charge is -2.12. The Morgan fingerprint density at radius 1 is 1.37 bits per heavy atom. The molecule has 1 aromatic carbocycles. The molecule has 0 amide bonds. The molecule has 3 nitrogen and oxygen atoms in total. The molecule has 0 fully saturated rings. The van der Waals surface area contributed by atoms with Gasteiger partial charge in [0.1, 0.15) is 0 Å². The molecule has 0 aliphatic heterocycles. The van der Waals surface area contributed by atoms with Gasteiger partial charge in [-0.1, -0.05) is 23.7 Å². The smallest absolute Gasteiger partial charge is 0.311 e. The van der Waals surface area contributed by atoms with Crippen LogP contribution in [0.15, 0.2) is 47.1 Å². The van der Waals surface area contributed by atoms with Crippen molar-refractivity contribution in [2.75, 3.05) is 0 Å².